The highest BCUT2D eigenvalue weighted by molar-refractivity contribution is 6.76. The Labute approximate surface area is 180 Å². The number of alkyl halides is 3. The molecule has 0 radical (unpaired) electrons. The molecule has 1 N–H and O–H groups in total. The molecule has 0 aromatic heterocycles. The third-order valence-electron chi connectivity index (χ3n) is 3.33. The number of carbonyl (C=O) groups is 4. The Kier molecular flexibility index (Phi) is 8.94. The van der Waals surface area contributed by atoms with Gasteiger partial charge in [-0.25, -0.2) is 4.79 Å². The van der Waals surface area contributed by atoms with Crippen LogP contribution >= 0.6 is 34.8 Å². The van der Waals surface area contributed by atoms with E-state index in [2.05, 4.69) is 4.74 Å². The first-order valence-electron chi connectivity index (χ1n) is 7.85. The lowest BCUT2D eigenvalue weighted by atomic mass is 9.97. The summed E-state index contributed by atoms with van der Waals surface area (Å²) in [4.78, 5) is 46.9. The molecule has 1 aliphatic heterocycles. The summed E-state index contributed by atoms with van der Waals surface area (Å²) >= 11 is 16.7. The molecule has 29 heavy (non-hydrogen) atoms. The van der Waals surface area contributed by atoms with Crippen LogP contribution in [0.15, 0.2) is 0 Å². The summed E-state index contributed by atoms with van der Waals surface area (Å²) in [5.74, 6) is -4.59. The second-order valence-corrected chi connectivity index (χ2v) is 7.90. The lowest BCUT2D eigenvalue weighted by Gasteiger charge is -2.43. The number of ether oxygens (including phenoxy) is 6. The van der Waals surface area contributed by atoms with Crippen LogP contribution in [-0.4, -0.2) is 71.4 Å². The summed E-state index contributed by atoms with van der Waals surface area (Å²) < 4.78 is 28.0. The maximum absolute atomic E-state index is 12.2. The zero-order chi connectivity index (χ0) is 22.5. The molecule has 1 heterocycles. The van der Waals surface area contributed by atoms with Gasteiger partial charge >= 0.3 is 23.9 Å². The van der Waals surface area contributed by atoms with Crippen LogP contribution in [0.4, 0.5) is 0 Å². The standard InChI is InChI=1S/C15H18Cl3NO10/c1-5(20)25-8-9(26-6(2)21)11(27-7(3)22)13(28-10(8)12(23)24-4)29-14(19)15(16,17)18/h8-11,13,19H,1-4H3/t8?,9-,10?,11?,13?/m0/s1. The van der Waals surface area contributed by atoms with Gasteiger partial charge in [-0.3, -0.25) is 19.8 Å². The molecule has 4 unspecified atom stereocenters. The number of halogens is 3. The maximum Gasteiger partial charge on any atom is 0.339 e. The van der Waals surface area contributed by atoms with Gasteiger partial charge in [-0.1, -0.05) is 34.8 Å². The predicted octanol–water partition coefficient (Wildman–Crippen LogP) is 1.04. The largest absolute Gasteiger partial charge is 0.467 e. The molecule has 1 fully saturated rings. The number of hydrogen-bond donors (Lipinski definition) is 1. The van der Waals surface area contributed by atoms with Crippen LogP contribution in [0.1, 0.15) is 20.8 Å². The highest BCUT2D eigenvalue weighted by Gasteiger charge is 2.56. The summed E-state index contributed by atoms with van der Waals surface area (Å²) in [5, 5.41) is 7.69. The van der Waals surface area contributed by atoms with E-state index in [1.807, 2.05) is 0 Å². The lowest BCUT2D eigenvalue weighted by molar-refractivity contribution is -0.285. The van der Waals surface area contributed by atoms with Gasteiger partial charge in [-0.15, -0.1) is 0 Å². The molecule has 5 atom stereocenters. The van der Waals surface area contributed by atoms with Crippen molar-refractivity contribution in [2.75, 3.05) is 7.11 Å². The lowest BCUT2D eigenvalue weighted by Crippen LogP contribution is -2.64. The van der Waals surface area contributed by atoms with Crippen molar-refractivity contribution >= 4 is 64.6 Å². The van der Waals surface area contributed by atoms with Crippen LogP contribution in [0.3, 0.4) is 0 Å². The van der Waals surface area contributed by atoms with Crippen molar-refractivity contribution in [1.29, 1.82) is 5.41 Å². The molecule has 1 rings (SSSR count). The quantitative estimate of drug-likeness (QED) is 0.200. The molecule has 14 heteroatoms. The van der Waals surface area contributed by atoms with E-state index < -0.39 is 64.3 Å². The van der Waals surface area contributed by atoms with Crippen LogP contribution in [0, 0.1) is 5.41 Å². The van der Waals surface area contributed by atoms with Crippen LogP contribution in [0.2, 0.25) is 0 Å². The average Bonchev–Trinajstić information content (AvgIpc) is 2.56. The van der Waals surface area contributed by atoms with Gasteiger partial charge in [-0.2, -0.15) is 0 Å². The van der Waals surface area contributed by atoms with Crippen molar-refractivity contribution < 1.29 is 47.6 Å². The molecule has 0 saturated carbocycles. The number of hydrogen-bond acceptors (Lipinski definition) is 11. The highest BCUT2D eigenvalue weighted by atomic mass is 35.6. The smallest absolute Gasteiger partial charge is 0.339 e. The Balaban J connectivity index is 3.44. The molecule has 11 nitrogen and oxygen atoms in total. The molecular formula is C15H18Cl3NO10. The fourth-order valence-corrected chi connectivity index (χ4v) is 2.49. The van der Waals surface area contributed by atoms with E-state index in [0.29, 0.717) is 0 Å². The highest BCUT2D eigenvalue weighted by Crippen LogP contribution is 2.33. The summed E-state index contributed by atoms with van der Waals surface area (Å²) in [6.07, 6.45) is -8.20. The second kappa shape index (κ2) is 10.3. The van der Waals surface area contributed by atoms with E-state index in [9.17, 15) is 19.2 Å². The number of rotatable bonds is 5. The molecule has 164 valence electrons. The molecule has 1 aliphatic rings. The van der Waals surface area contributed by atoms with Gasteiger partial charge < -0.3 is 28.4 Å². The number of esters is 4. The van der Waals surface area contributed by atoms with E-state index in [4.69, 9.17) is 63.9 Å². The van der Waals surface area contributed by atoms with Crippen molar-refractivity contribution in [2.45, 2.75) is 55.3 Å². The Morgan fingerprint density at radius 1 is 0.828 bits per heavy atom. The summed E-state index contributed by atoms with van der Waals surface area (Å²) in [6, 6.07) is 0. The summed E-state index contributed by atoms with van der Waals surface area (Å²) in [7, 11) is 1.02. The molecule has 0 aliphatic carbocycles. The van der Waals surface area contributed by atoms with Gasteiger partial charge in [0.15, 0.2) is 18.3 Å². The first-order valence-corrected chi connectivity index (χ1v) is 8.98. The molecule has 0 aromatic rings. The topological polar surface area (TPSA) is 148 Å². The normalized spacial score (nSPS) is 26.7. The Morgan fingerprint density at radius 2 is 1.28 bits per heavy atom. The van der Waals surface area contributed by atoms with Crippen LogP contribution in [0.5, 0.6) is 0 Å². The number of carbonyl (C=O) groups excluding carboxylic acids is 4. The van der Waals surface area contributed by atoms with Crippen molar-refractivity contribution in [3.05, 3.63) is 0 Å². The van der Waals surface area contributed by atoms with Crippen molar-refractivity contribution in [3.8, 4) is 0 Å². The average molecular weight is 479 g/mol. The van der Waals surface area contributed by atoms with Gasteiger partial charge in [0.05, 0.1) is 7.11 Å². The Bertz CT molecular complexity index is 680. The first-order chi connectivity index (χ1) is 13.3. The SMILES string of the molecule is COC(=O)C1OC(OC(=N)C(Cl)(Cl)Cl)C(OC(C)=O)[C@@H](OC(C)=O)C1OC(C)=O. The number of methoxy groups -OCH3 is 1. The molecule has 1 saturated heterocycles. The Hall–Kier alpha value is -1.82. The minimum Gasteiger partial charge on any atom is -0.467 e. The third kappa shape index (κ3) is 7.18. The zero-order valence-corrected chi connectivity index (χ0v) is 17.9. The molecular weight excluding hydrogens is 461 g/mol. The summed E-state index contributed by atoms with van der Waals surface area (Å²) in [6.45, 7) is 3.08. The van der Waals surface area contributed by atoms with E-state index in [1.54, 1.807) is 0 Å². The molecule has 0 aromatic carbocycles. The van der Waals surface area contributed by atoms with E-state index >= 15 is 0 Å². The molecule has 0 spiro atoms. The fraction of sp³-hybridized carbons (Fsp3) is 0.667. The predicted molar refractivity (Wildman–Crippen MR) is 96.4 cm³/mol. The van der Waals surface area contributed by atoms with Gasteiger partial charge in [0.25, 0.3) is 3.79 Å². The third-order valence-corrected chi connectivity index (χ3v) is 3.84. The van der Waals surface area contributed by atoms with Crippen LogP contribution < -0.4 is 0 Å². The van der Waals surface area contributed by atoms with Gasteiger partial charge in [0.2, 0.25) is 18.3 Å². The maximum atomic E-state index is 12.2. The fourth-order valence-electron chi connectivity index (χ4n) is 2.36. The van der Waals surface area contributed by atoms with Crippen molar-refractivity contribution in [3.63, 3.8) is 0 Å². The van der Waals surface area contributed by atoms with Crippen LogP contribution in [-0.2, 0) is 47.6 Å². The molecule has 0 amide bonds. The van der Waals surface area contributed by atoms with E-state index in [1.165, 1.54) is 0 Å². The first kappa shape index (κ1) is 25.2. The van der Waals surface area contributed by atoms with Gasteiger partial charge in [0, 0.05) is 20.8 Å². The Morgan fingerprint density at radius 3 is 1.69 bits per heavy atom. The van der Waals surface area contributed by atoms with Crippen molar-refractivity contribution in [2.24, 2.45) is 0 Å². The van der Waals surface area contributed by atoms with E-state index in [-0.39, 0.29) is 0 Å². The minimum absolute atomic E-state index is 0.861. The zero-order valence-electron chi connectivity index (χ0n) is 15.6. The summed E-state index contributed by atoms with van der Waals surface area (Å²) in [5.41, 5.74) is 0. The minimum atomic E-state index is -2.32. The number of nitrogens with one attached hydrogen (secondary N) is 1. The van der Waals surface area contributed by atoms with Gasteiger partial charge in [-0.05, 0) is 0 Å². The van der Waals surface area contributed by atoms with Gasteiger partial charge in [0.1, 0.15) is 0 Å². The van der Waals surface area contributed by atoms with Crippen LogP contribution in [0.25, 0.3) is 0 Å². The van der Waals surface area contributed by atoms with E-state index in [0.717, 1.165) is 27.9 Å². The second-order valence-electron chi connectivity index (χ2n) is 5.62. The monoisotopic (exact) mass is 477 g/mol. The molecule has 0 bridgehead atoms. The van der Waals surface area contributed by atoms with Crippen molar-refractivity contribution in [1.82, 2.24) is 0 Å².